The summed E-state index contributed by atoms with van der Waals surface area (Å²) >= 11 is 0. The van der Waals surface area contributed by atoms with E-state index in [9.17, 15) is 9.59 Å². The molecule has 0 spiro atoms. The summed E-state index contributed by atoms with van der Waals surface area (Å²) < 4.78 is 0. The SMILES string of the molecule is CC(=O)c1cc[c-](C(C)=O)c1C[Si](C)(C)C.[Fe].[cH-]1[cH-][cH-][cH-][cH-]1. The van der Waals surface area contributed by atoms with Crippen LogP contribution in [0.2, 0.25) is 19.6 Å². The van der Waals surface area contributed by atoms with E-state index in [1.54, 1.807) is 26.0 Å². The second kappa shape index (κ2) is 9.04. The van der Waals surface area contributed by atoms with E-state index in [0.717, 1.165) is 22.7 Å². The maximum atomic E-state index is 11.5. The molecule has 2 nitrogen and oxygen atoms in total. The largest absolute Gasteiger partial charge is 0.748 e. The van der Waals surface area contributed by atoms with Crippen LogP contribution in [0.25, 0.3) is 0 Å². The maximum absolute atomic E-state index is 11.5. The van der Waals surface area contributed by atoms with Gasteiger partial charge in [0, 0.05) is 25.1 Å². The van der Waals surface area contributed by atoms with Gasteiger partial charge >= 0.3 is 0 Å². The molecule has 0 amide bonds. The van der Waals surface area contributed by atoms with Gasteiger partial charge in [-0.1, -0.05) is 31.2 Å². The first kappa shape index (κ1) is 20.8. The summed E-state index contributed by atoms with van der Waals surface area (Å²) in [6, 6.07) is 14.5. The minimum Gasteiger partial charge on any atom is -0.748 e. The second-order valence-corrected chi connectivity index (χ2v) is 11.9. The van der Waals surface area contributed by atoms with Crippen LogP contribution in [0, 0.1) is 0 Å². The van der Waals surface area contributed by atoms with Crippen LogP contribution in [0.3, 0.4) is 0 Å². The Hall–Kier alpha value is -1.22. The zero-order chi connectivity index (χ0) is 16.0. The van der Waals surface area contributed by atoms with Gasteiger partial charge in [-0.2, -0.15) is 11.6 Å². The van der Waals surface area contributed by atoms with Crippen molar-refractivity contribution >= 4 is 19.6 Å². The van der Waals surface area contributed by atoms with Crippen molar-refractivity contribution in [2.75, 3.05) is 0 Å². The molecule has 0 aromatic heterocycles. The zero-order valence-corrected chi connectivity index (χ0v) is 16.0. The molecule has 0 saturated heterocycles. The first-order valence-corrected chi connectivity index (χ1v) is 10.9. The summed E-state index contributed by atoms with van der Waals surface area (Å²) in [5, 5.41) is 0. The van der Waals surface area contributed by atoms with Crippen LogP contribution >= 0.6 is 0 Å². The molecule has 0 aliphatic heterocycles. The van der Waals surface area contributed by atoms with Crippen LogP contribution in [0.15, 0.2) is 42.5 Å². The number of Topliss-reactive ketones (excluding diaryl/α,β-unsaturated/α-hetero) is 2. The maximum Gasteiger partial charge on any atom is 0.105 e. The van der Waals surface area contributed by atoms with Gasteiger partial charge in [0.1, 0.15) is 5.78 Å². The molecule has 126 valence electrons. The fourth-order valence-electron chi connectivity index (χ4n) is 2.21. The van der Waals surface area contributed by atoms with E-state index in [-0.39, 0.29) is 28.6 Å². The third-order valence-corrected chi connectivity index (χ3v) is 4.50. The van der Waals surface area contributed by atoms with E-state index < -0.39 is 8.07 Å². The average molecular weight is 356 g/mol. The van der Waals surface area contributed by atoms with Crippen molar-refractivity contribution in [3.63, 3.8) is 0 Å². The fraction of sp³-hybridized carbons (Fsp3) is 0.333. The number of rotatable bonds is 4. The molecule has 0 aliphatic rings. The third kappa shape index (κ3) is 6.69. The molecule has 0 radical (unpaired) electrons. The molecule has 0 N–H and O–H groups in total. The first-order chi connectivity index (χ1) is 9.72. The standard InChI is InChI=1S/C13H19O2Si.C5H5.Fe/c1-9(14)11-6-7-12(10(2)15)13(11)8-16(3,4)5;1-2-4-5-3-1;/h6-7H,8H2,1-5H3;1-5H;/q-1;-5;. The van der Waals surface area contributed by atoms with Gasteiger partial charge in [-0.15, -0.1) is 5.56 Å². The Balaban J connectivity index is 0.000000622. The molecule has 2 aromatic rings. The first-order valence-electron chi connectivity index (χ1n) is 7.19. The van der Waals surface area contributed by atoms with E-state index in [1.165, 1.54) is 0 Å². The number of ketones is 2. The van der Waals surface area contributed by atoms with Crippen molar-refractivity contribution in [1.29, 1.82) is 0 Å². The number of carbonyl (C=O) groups is 2. The molecule has 2 rings (SSSR count). The minimum atomic E-state index is -1.32. The van der Waals surface area contributed by atoms with E-state index in [1.807, 2.05) is 30.3 Å². The molecule has 0 atom stereocenters. The minimum absolute atomic E-state index is 0. The van der Waals surface area contributed by atoms with Crippen molar-refractivity contribution in [2.45, 2.75) is 39.5 Å². The summed E-state index contributed by atoms with van der Waals surface area (Å²) in [5.41, 5.74) is 2.43. The quantitative estimate of drug-likeness (QED) is 0.455. The van der Waals surface area contributed by atoms with Gasteiger partial charge < -0.3 is 39.9 Å². The molecule has 22 heavy (non-hydrogen) atoms. The van der Waals surface area contributed by atoms with E-state index in [2.05, 4.69) is 19.6 Å². The number of hydrogen-bond donors (Lipinski definition) is 0. The Kier molecular flexibility index (Phi) is 8.53. The van der Waals surface area contributed by atoms with Gasteiger partial charge in [-0.3, -0.25) is 0 Å². The van der Waals surface area contributed by atoms with Crippen molar-refractivity contribution in [1.82, 2.24) is 0 Å². The Bertz CT molecular complexity index is 540. The molecular weight excluding hydrogens is 332 g/mol. The Morgan fingerprint density at radius 1 is 1.05 bits per heavy atom. The Labute approximate surface area is 145 Å². The molecule has 2 aromatic carbocycles. The van der Waals surface area contributed by atoms with Crippen molar-refractivity contribution in [3.8, 4) is 0 Å². The summed E-state index contributed by atoms with van der Waals surface area (Å²) in [6.45, 7) is 9.86. The Morgan fingerprint density at radius 2 is 1.50 bits per heavy atom. The molecular formula is C18H24FeO2Si-6. The van der Waals surface area contributed by atoms with Crippen LogP contribution in [0.1, 0.15) is 40.1 Å². The predicted molar refractivity (Wildman–Crippen MR) is 91.1 cm³/mol. The van der Waals surface area contributed by atoms with E-state index in [4.69, 9.17) is 0 Å². The van der Waals surface area contributed by atoms with Crippen molar-refractivity contribution in [3.05, 3.63) is 59.2 Å². The average Bonchev–Trinajstić information content (AvgIpc) is 2.97. The van der Waals surface area contributed by atoms with Crippen LogP contribution in [0.4, 0.5) is 0 Å². The fourth-order valence-corrected chi connectivity index (χ4v) is 3.66. The van der Waals surface area contributed by atoms with E-state index >= 15 is 0 Å². The van der Waals surface area contributed by atoms with Gasteiger partial charge in [-0.05, 0) is 13.8 Å². The summed E-state index contributed by atoms with van der Waals surface area (Å²) in [4.78, 5) is 23.0. The number of hydrogen-bond acceptors (Lipinski definition) is 2. The van der Waals surface area contributed by atoms with Gasteiger partial charge in [-0.25, -0.2) is 6.07 Å². The molecule has 0 unspecified atom stereocenters. The zero-order valence-electron chi connectivity index (χ0n) is 13.9. The second-order valence-electron chi connectivity index (χ2n) is 6.45. The third-order valence-electron chi connectivity index (χ3n) is 3.09. The topological polar surface area (TPSA) is 34.1 Å². The van der Waals surface area contributed by atoms with Crippen molar-refractivity contribution in [2.24, 2.45) is 0 Å². The Morgan fingerprint density at radius 3 is 1.82 bits per heavy atom. The number of carbonyl (C=O) groups excluding carboxylic acids is 2. The van der Waals surface area contributed by atoms with Gasteiger partial charge in [0.25, 0.3) is 0 Å². The van der Waals surface area contributed by atoms with E-state index in [0.29, 0.717) is 0 Å². The predicted octanol–water partition coefficient (Wildman–Crippen LogP) is 4.63. The summed E-state index contributed by atoms with van der Waals surface area (Å²) in [6.07, 6.45) is 0. The van der Waals surface area contributed by atoms with Gasteiger partial charge in [0.2, 0.25) is 0 Å². The van der Waals surface area contributed by atoms with Crippen LogP contribution < -0.4 is 0 Å². The molecule has 0 saturated carbocycles. The normalized spacial score (nSPS) is 10.2. The van der Waals surface area contributed by atoms with Gasteiger partial charge in [0.15, 0.2) is 0 Å². The molecule has 0 bridgehead atoms. The monoisotopic (exact) mass is 356 g/mol. The molecule has 4 heteroatoms. The van der Waals surface area contributed by atoms with Crippen LogP contribution in [-0.2, 0) is 23.1 Å². The van der Waals surface area contributed by atoms with Crippen LogP contribution in [-0.4, -0.2) is 19.6 Å². The molecule has 0 heterocycles. The van der Waals surface area contributed by atoms with Crippen LogP contribution in [0.5, 0.6) is 0 Å². The molecule has 0 fully saturated rings. The smallest absolute Gasteiger partial charge is 0.105 e. The summed E-state index contributed by atoms with van der Waals surface area (Å²) in [5.74, 6) is 0.113. The van der Waals surface area contributed by atoms with Crippen molar-refractivity contribution < 1.29 is 26.7 Å². The summed E-state index contributed by atoms with van der Waals surface area (Å²) in [7, 11) is -1.32. The van der Waals surface area contributed by atoms with Gasteiger partial charge in [0.05, 0.1) is 5.78 Å². The molecule has 0 aliphatic carbocycles.